The monoisotopic (exact) mass is 370 g/mol. The molecule has 0 aliphatic carbocycles. The lowest BCUT2D eigenvalue weighted by molar-refractivity contribution is 0.0473. The van der Waals surface area contributed by atoms with Gasteiger partial charge in [0.05, 0.1) is 5.56 Å². The second-order valence-electron chi connectivity index (χ2n) is 6.08. The molecule has 3 aromatic rings. The van der Waals surface area contributed by atoms with Crippen LogP contribution < -0.4 is 5.63 Å². The summed E-state index contributed by atoms with van der Waals surface area (Å²) in [6, 6.07) is 13.7. The summed E-state index contributed by atoms with van der Waals surface area (Å²) >= 11 is 0. The topological polar surface area (TPSA) is 73.6 Å². The molecule has 0 bridgehead atoms. The minimum Gasteiger partial charge on any atom is -0.457 e. The lowest BCUT2D eigenvalue weighted by Gasteiger charge is -2.08. The van der Waals surface area contributed by atoms with Gasteiger partial charge in [-0.15, -0.1) is 0 Å². The van der Waals surface area contributed by atoms with Crippen LogP contribution in [0.2, 0.25) is 0 Å². The summed E-state index contributed by atoms with van der Waals surface area (Å²) in [5, 5.41) is 0.734. The second-order valence-corrected chi connectivity index (χ2v) is 7.52. The fourth-order valence-electron chi connectivity index (χ4n) is 2.71. The molecule has 1 aromatic heterocycles. The highest BCUT2D eigenvalue weighted by molar-refractivity contribution is 7.83. The summed E-state index contributed by atoms with van der Waals surface area (Å²) in [4.78, 5) is 24.1. The number of hydrogen-bond acceptors (Lipinski definition) is 5. The number of ether oxygens (including phenoxy) is 1. The van der Waals surface area contributed by atoms with Crippen LogP contribution in [-0.4, -0.2) is 16.4 Å². The fraction of sp³-hybridized carbons (Fsp3) is 0.200. The van der Waals surface area contributed by atoms with Gasteiger partial charge in [-0.1, -0.05) is 24.3 Å². The molecule has 3 rings (SSSR count). The van der Waals surface area contributed by atoms with Crippen molar-refractivity contribution in [3.63, 3.8) is 0 Å². The van der Waals surface area contributed by atoms with Crippen molar-refractivity contribution in [2.45, 2.75) is 19.3 Å². The Morgan fingerprint density at radius 3 is 2.73 bits per heavy atom. The highest BCUT2D eigenvalue weighted by atomic mass is 32.2. The molecule has 0 amide bonds. The third-order valence-electron chi connectivity index (χ3n) is 3.88. The van der Waals surface area contributed by atoms with Gasteiger partial charge in [0.2, 0.25) is 0 Å². The van der Waals surface area contributed by atoms with Crippen LogP contribution in [0.5, 0.6) is 0 Å². The first-order chi connectivity index (χ1) is 12.4. The summed E-state index contributed by atoms with van der Waals surface area (Å²) in [5.74, 6) is -0.118. The van der Waals surface area contributed by atoms with Crippen molar-refractivity contribution in [3.8, 4) is 0 Å². The Bertz CT molecular complexity index is 1050. The van der Waals surface area contributed by atoms with Gasteiger partial charge in [-0.05, 0) is 36.2 Å². The van der Waals surface area contributed by atoms with Crippen LogP contribution in [0, 0.1) is 6.92 Å². The van der Waals surface area contributed by atoms with Crippen LogP contribution in [-0.2, 0) is 27.9 Å². The summed E-state index contributed by atoms with van der Waals surface area (Å²) < 4.78 is 21.9. The van der Waals surface area contributed by atoms with Crippen molar-refractivity contribution in [1.29, 1.82) is 0 Å². The molecule has 0 spiro atoms. The molecular formula is C20H18O5S. The van der Waals surface area contributed by atoms with E-state index in [4.69, 9.17) is 9.15 Å². The lowest BCUT2D eigenvalue weighted by atomic mass is 10.1. The van der Waals surface area contributed by atoms with Gasteiger partial charge in [0.1, 0.15) is 12.2 Å². The predicted molar refractivity (Wildman–Crippen MR) is 101 cm³/mol. The van der Waals surface area contributed by atoms with Gasteiger partial charge in [0.15, 0.2) is 0 Å². The van der Waals surface area contributed by atoms with Crippen LogP contribution in [0.1, 0.15) is 27.0 Å². The van der Waals surface area contributed by atoms with Gasteiger partial charge in [0, 0.05) is 39.8 Å². The zero-order chi connectivity index (χ0) is 18.7. The molecule has 0 unspecified atom stereocenters. The molecule has 1 heterocycles. The molecule has 2 aromatic carbocycles. The van der Waals surface area contributed by atoms with Crippen molar-refractivity contribution in [1.82, 2.24) is 0 Å². The first-order valence-corrected chi connectivity index (χ1v) is 9.74. The third-order valence-corrected chi connectivity index (χ3v) is 4.62. The number of esters is 1. The van der Waals surface area contributed by atoms with Gasteiger partial charge >= 0.3 is 11.6 Å². The number of carbonyl (C=O) groups is 1. The summed E-state index contributed by atoms with van der Waals surface area (Å²) in [5.41, 5.74) is 2.74. The van der Waals surface area contributed by atoms with Crippen molar-refractivity contribution in [2.75, 3.05) is 6.26 Å². The second kappa shape index (κ2) is 7.66. The molecule has 134 valence electrons. The van der Waals surface area contributed by atoms with E-state index in [0.717, 1.165) is 16.5 Å². The van der Waals surface area contributed by atoms with Crippen LogP contribution >= 0.6 is 0 Å². The average molecular weight is 370 g/mol. The SMILES string of the molecule is Cc1ccc2c(COC(=O)c3cccc(C[S@](C)=O)c3)cc(=O)oc2c1. The number of carbonyl (C=O) groups excluding carboxylic acids is 1. The largest absolute Gasteiger partial charge is 0.457 e. The van der Waals surface area contributed by atoms with E-state index in [0.29, 0.717) is 22.5 Å². The van der Waals surface area contributed by atoms with Gasteiger partial charge in [-0.2, -0.15) is 0 Å². The minimum absolute atomic E-state index is 0.0338. The van der Waals surface area contributed by atoms with Crippen LogP contribution in [0.15, 0.2) is 57.7 Å². The van der Waals surface area contributed by atoms with Gasteiger partial charge in [-0.25, -0.2) is 9.59 Å². The Morgan fingerprint density at radius 1 is 1.15 bits per heavy atom. The average Bonchev–Trinajstić information content (AvgIpc) is 2.58. The molecule has 0 fully saturated rings. The summed E-state index contributed by atoms with van der Waals surface area (Å²) in [6.45, 7) is 1.87. The van der Waals surface area contributed by atoms with Gasteiger partial charge < -0.3 is 9.15 Å². The van der Waals surface area contributed by atoms with Crippen LogP contribution in [0.25, 0.3) is 11.0 Å². The van der Waals surface area contributed by atoms with Gasteiger partial charge in [-0.3, -0.25) is 4.21 Å². The first kappa shape index (κ1) is 18.1. The Labute approximate surface area is 153 Å². The Balaban J connectivity index is 1.81. The zero-order valence-electron chi connectivity index (χ0n) is 14.5. The predicted octanol–water partition coefficient (Wildman–Crippen LogP) is 3.34. The molecule has 6 heteroatoms. The normalized spacial score (nSPS) is 12.1. The van der Waals surface area contributed by atoms with E-state index in [-0.39, 0.29) is 6.61 Å². The zero-order valence-corrected chi connectivity index (χ0v) is 15.3. The highest BCUT2D eigenvalue weighted by Gasteiger charge is 2.12. The summed E-state index contributed by atoms with van der Waals surface area (Å²) in [7, 11) is -0.989. The van der Waals surface area contributed by atoms with E-state index >= 15 is 0 Å². The fourth-order valence-corrected chi connectivity index (χ4v) is 3.35. The van der Waals surface area contributed by atoms with Crippen LogP contribution in [0.4, 0.5) is 0 Å². The maximum Gasteiger partial charge on any atom is 0.338 e. The molecule has 26 heavy (non-hydrogen) atoms. The number of rotatable bonds is 5. The van der Waals surface area contributed by atoms with E-state index in [1.807, 2.05) is 25.1 Å². The summed E-state index contributed by atoms with van der Waals surface area (Å²) in [6.07, 6.45) is 1.61. The number of aryl methyl sites for hydroxylation is 1. The molecule has 5 nitrogen and oxygen atoms in total. The quantitative estimate of drug-likeness (QED) is 0.509. The van der Waals surface area contributed by atoms with E-state index in [1.165, 1.54) is 6.07 Å². The number of hydrogen-bond donors (Lipinski definition) is 0. The third kappa shape index (κ3) is 4.26. The first-order valence-electron chi connectivity index (χ1n) is 8.02. The van der Waals surface area contributed by atoms with E-state index in [1.54, 1.807) is 30.5 Å². The van der Waals surface area contributed by atoms with Crippen molar-refractivity contribution in [3.05, 3.63) is 81.2 Å². The molecule has 0 saturated carbocycles. The lowest BCUT2D eigenvalue weighted by Crippen LogP contribution is -2.08. The molecule has 1 atom stereocenters. The molecular weight excluding hydrogens is 352 g/mol. The van der Waals surface area contributed by atoms with E-state index in [9.17, 15) is 13.8 Å². The van der Waals surface area contributed by atoms with E-state index in [2.05, 4.69) is 0 Å². The molecule has 0 aliphatic rings. The maximum absolute atomic E-state index is 12.3. The Hall–Kier alpha value is -2.73. The van der Waals surface area contributed by atoms with Crippen LogP contribution in [0.3, 0.4) is 0 Å². The van der Waals surface area contributed by atoms with Crippen molar-refractivity contribution in [2.24, 2.45) is 0 Å². The Morgan fingerprint density at radius 2 is 1.96 bits per heavy atom. The van der Waals surface area contributed by atoms with Crippen molar-refractivity contribution >= 4 is 27.7 Å². The smallest absolute Gasteiger partial charge is 0.338 e. The molecule has 0 N–H and O–H groups in total. The van der Waals surface area contributed by atoms with Gasteiger partial charge in [0.25, 0.3) is 0 Å². The Kier molecular flexibility index (Phi) is 5.32. The molecule has 0 saturated heterocycles. The highest BCUT2D eigenvalue weighted by Crippen LogP contribution is 2.20. The maximum atomic E-state index is 12.3. The number of fused-ring (bicyclic) bond motifs is 1. The number of benzene rings is 2. The van der Waals surface area contributed by atoms with E-state index < -0.39 is 22.4 Å². The minimum atomic E-state index is -0.989. The molecule has 0 aliphatic heterocycles. The van der Waals surface area contributed by atoms with Crippen molar-refractivity contribution < 1.29 is 18.2 Å². The standard InChI is InChI=1S/C20H18O5S/c1-13-6-7-17-16(10-19(21)25-18(17)8-13)11-24-20(22)15-5-3-4-14(9-15)12-26(2)23/h3-10H,11-12H2,1-2H3/t26-/m0/s1. The molecule has 0 radical (unpaired) electrons.